The fraction of sp³-hybridized carbons (Fsp3) is 0.448. The summed E-state index contributed by atoms with van der Waals surface area (Å²) in [5, 5.41) is 0. The second-order valence-corrected chi connectivity index (χ2v) is 9.60. The lowest BCUT2D eigenvalue weighted by molar-refractivity contribution is -0.148. The molecule has 0 N–H and O–H groups in total. The molecule has 4 nitrogen and oxygen atoms in total. The van der Waals surface area contributed by atoms with Gasteiger partial charge in [-0.15, -0.1) is 0 Å². The number of hydrogen-bond donors (Lipinski definition) is 0. The van der Waals surface area contributed by atoms with E-state index in [1.807, 2.05) is 26.0 Å². The minimum absolute atomic E-state index is 0.0937. The Labute approximate surface area is 198 Å². The fourth-order valence-electron chi connectivity index (χ4n) is 4.28. The molecule has 1 saturated carbocycles. The topological polar surface area (TPSA) is 52.6 Å². The second-order valence-electron chi connectivity index (χ2n) is 9.60. The van der Waals surface area contributed by atoms with E-state index in [1.54, 1.807) is 6.92 Å². The van der Waals surface area contributed by atoms with E-state index in [0.29, 0.717) is 24.0 Å². The third-order valence-corrected chi connectivity index (χ3v) is 6.42. The minimum atomic E-state index is -0.347. The summed E-state index contributed by atoms with van der Waals surface area (Å²) >= 11 is 0. The number of carbonyl (C=O) groups is 2. The summed E-state index contributed by atoms with van der Waals surface area (Å²) in [6, 6.07) is 17.0. The molecule has 4 heteroatoms. The number of benzene rings is 2. The highest BCUT2D eigenvalue weighted by molar-refractivity contribution is 5.86. The van der Waals surface area contributed by atoms with Crippen LogP contribution in [0.25, 0.3) is 0 Å². The van der Waals surface area contributed by atoms with Crippen molar-refractivity contribution in [1.29, 1.82) is 0 Å². The van der Waals surface area contributed by atoms with Crippen LogP contribution in [0.1, 0.15) is 74.6 Å². The molecule has 0 heterocycles. The van der Waals surface area contributed by atoms with Gasteiger partial charge in [-0.2, -0.15) is 0 Å². The summed E-state index contributed by atoms with van der Waals surface area (Å²) in [4.78, 5) is 23.2. The maximum atomic E-state index is 11.6. The third kappa shape index (κ3) is 7.59. The first-order valence-electron chi connectivity index (χ1n) is 12.0. The van der Waals surface area contributed by atoms with E-state index in [4.69, 9.17) is 9.47 Å². The average molecular weight is 449 g/mol. The van der Waals surface area contributed by atoms with Crippen molar-refractivity contribution in [3.63, 3.8) is 0 Å². The number of ether oxygens (including phenoxy) is 2. The molecular formula is C29H36O4. The first kappa shape index (κ1) is 24.8. The van der Waals surface area contributed by atoms with Crippen LogP contribution in [0.15, 0.2) is 60.7 Å². The molecular weight excluding hydrogens is 412 g/mol. The molecule has 33 heavy (non-hydrogen) atoms. The van der Waals surface area contributed by atoms with Crippen LogP contribution >= 0.6 is 0 Å². The summed E-state index contributed by atoms with van der Waals surface area (Å²) in [6.45, 7) is 9.59. The highest BCUT2D eigenvalue weighted by Crippen LogP contribution is 2.37. The van der Waals surface area contributed by atoms with Gasteiger partial charge in [0.2, 0.25) is 0 Å². The smallest absolute Gasteiger partial charge is 0.333 e. The normalized spacial score (nSPS) is 18.1. The van der Waals surface area contributed by atoms with Gasteiger partial charge < -0.3 is 9.47 Å². The summed E-state index contributed by atoms with van der Waals surface area (Å²) < 4.78 is 10.5. The fourth-order valence-corrected chi connectivity index (χ4v) is 4.28. The van der Waals surface area contributed by atoms with Gasteiger partial charge in [-0.1, -0.05) is 69.0 Å². The molecule has 0 aliphatic heterocycles. The van der Waals surface area contributed by atoms with Gasteiger partial charge in [0.05, 0.1) is 5.92 Å². The summed E-state index contributed by atoms with van der Waals surface area (Å²) in [5.41, 5.74) is 5.19. The van der Waals surface area contributed by atoms with Crippen LogP contribution in [-0.4, -0.2) is 11.9 Å². The Kier molecular flexibility index (Phi) is 8.87. The average Bonchev–Trinajstić information content (AvgIpc) is 2.82. The highest BCUT2D eigenvalue weighted by atomic mass is 16.5. The van der Waals surface area contributed by atoms with Crippen LogP contribution in [0, 0.1) is 11.8 Å². The van der Waals surface area contributed by atoms with Gasteiger partial charge in [-0.05, 0) is 73.1 Å². The predicted molar refractivity (Wildman–Crippen MR) is 131 cm³/mol. The van der Waals surface area contributed by atoms with Gasteiger partial charge in [-0.3, -0.25) is 4.79 Å². The lowest BCUT2D eigenvalue weighted by Gasteiger charge is -2.29. The van der Waals surface area contributed by atoms with Crippen molar-refractivity contribution < 1.29 is 19.1 Å². The molecule has 1 aliphatic carbocycles. The maximum absolute atomic E-state index is 11.6. The molecule has 2 aromatic carbocycles. The first-order valence-corrected chi connectivity index (χ1v) is 12.0. The third-order valence-electron chi connectivity index (χ3n) is 6.42. The molecule has 1 aliphatic rings. The van der Waals surface area contributed by atoms with E-state index in [1.165, 1.54) is 36.8 Å². The van der Waals surface area contributed by atoms with Crippen molar-refractivity contribution in [1.82, 2.24) is 0 Å². The lowest BCUT2D eigenvalue weighted by Crippen LogP contribution is -2.15. The van der Waals surface area contributed by atoms with Crippen molar-refractivity contribution in [3.8, 4) is 0 Å². The number of esters is 2. The lowest BCUT2D eigenvalue weighted by atomic mass is 9.76. The molecule has 0 aromatic heterocycles. The number of hydrogen-bond acceptors (Lipinski definition) is 4. The van der Waals surface area contributed by atoms with E-state index in [-0.39, 0.29) is 24.5 Å². The molecule has 1 fully saturated rings. The van der Waals surface area contributed by atoms with Gasteiger partial charge in [0, 0.05) is 5.57 Å². The molecule has 2 aromatic rings. The summed E-state index contributed by atoms with van der Waals surface area (Å²) in [6.07, 6.45) is 5.98. The summed E-state index contributed by atoms with van der Waals surface area (Å²) in [7, 11) is 0. The Morgan fingerprint density at radius 2 is 1.36 bits per heavy atom. The standard InChI is InChI=1S/C29H36O4/c1-20(2)28(30)32-18-24-7-5-22(6-8-24)17-23-9-13-26(14-10-23)27-15-11-25(12-16-27)19-33-29(31)21(3)4/h5-8,11-12,15-16,21,23,26H,1,9-10,13-14,17-19H2,2-4H3. The van der Waals surface area contributed by atoms with E-state index in [9.17, 15) is 9.59 Å². The number of carbonyl (C=O) groups excluding carboxylic acids is 2. The predicted octanol–water partition coefficient (Wildman–Crippen LogP) is 6.52. The zero-order valence-electron chi connectivity index (χ0n) is 20.1. The van der Waals surface area contributed by atoms with Gasteiger partial charge in [-0.25, -0.2) is 4.79 Å². The molecule has 0 atom stereocenters. The largest absolute Gasteiger partial charge is 0.461 e. The van der Waals surface area contributed by atoms with Gasteiger partial charge in [0.25, 0.3) is 0 Å². The maximum Gasteiger partial charge on any atom is 0.333 e. The van der Waals surface area contributed by atoms with Gasteiger partial charge >= 0.3 is 11.9 Å². The molecule has 0 spiro atoms. The van der Waals surface area contributed by atoms with Gasteiger partial charge in [0.1, 0.15) is 13.2 Å². The van der Waals surface area contributed by atoms with E-state index < -0.39 is 0 Å². The van der Waals surface area contributed by atoms with Crippen LogP contribution in [0.3, 0.4) is 0 Å². The Balaban J connectivity index is 1.43. The van der Waals surface area contributed by atoms with Gasteiger partial charge in [0.15, 0.2) is 0 Å². The zero-order valence-corrected chi connectivity index (χ0v) is 20.1. The Hall–Kier alpha value is -2.88. The van der Waals surface area contributed by atoms with Crippen LogP contribution in [-0.2, 0) is 38.7 Å². The van der Waals surface area contributed by atoms with Crippen molar-refractivity contribution in [2.75, 3.05) is 0 Å². The number of rotatable bonds is 9. The molecule has 0 unspecified atom stereocenters. The second kappa shape index (κ2) is 11.8. The van der Waals surface area contributed by atoms with Crippen molar-refractivity contribution in [3.05, 3.63) is 82.9 Å². The van der Waals surface area contributed by atoms with Crippen LogP contribution in [0.5, 0.6) is 0 Å². The Bertz CT molecular complexity index is 933. The SMILES string of the molecule is C=C(C)C(=O)OCc1ccc(CC2CCC(c3ccc(COC(=O)C(C)C)cc3)CC2)cc1. The van der Waals surface area contributed by atoms with Crippen LogP contribution < -0.4 is 0 Å². The minimum Gasteiger partial charge on any atom is -0.461 e. The van der Waals surface area contributed by atoms with Crippen molar-refractivity contribution >= 4 is 11.9 Å². The molecule has 0 bridgehead atoms. The molecule has 176 valence electrons. The quantitative estimate of drug-likeness (QED) is 0.324. The molecule has 0 amide bonds. The van der Waals surface area contributed by atoms with Crippen molar-refractivity contribution in [2.45, 2.75) is 72.0 Å². The highest BCUT2D eigenvalue weighted by Gasteiger charge is 2.22. The molecule has 0 radical (unpaired) electrons. The van der Waals surface area contributed by atoms with Crippen LogP contribution in [0.4, 0.5) is 0 Å². The molecule has 3 rings (SSSR count). The monoisotopic (exact) mass is 448 g/mol. The van der Waals surface area contributed by atoms with E-state index >= 15 is 0 Å². The summed E-state index contributed by atoms with van der Waals surface area (Å²) in [5.74, 6) is 0.726. The molecule has 0 saturated heterocycles. The Morgan fingerprint density at radius 1 is 0.848 bits per heavy atom. The Morgan fingerprint density at radius 3 is 1.91 bits per heavy atom. The van der Waals surface area contributed by atoms with Crippen LogP contribution in [0.2, 0.25) is 0 Å². The van der Waals surface area contributed by atoms with Crippen molar-refractivity contribution in [2.24, 2.45) is 11.8 Å². The first-order chi connectivity index (χ1) is 15.8. The van der Waals surface area contributed by atoms with E-state index in [0.717, 1.165) is 17.5 Å². The van der Waals surface area contributed by atoms with E-state index in [2.05, 4.69) is 43.0 Å². The zero-order chi connectivity index (χ0) is 23.8.